The second-order valence-electron chi connectivity index (χ2n) is 6.69. The van der Waals surface area contributed by atoms with Crippen LogP contribution in [0.3, 0.4) is 0 Å². The summed E-state index contributed by atoms with van der Waals surface area (Å²) in [5, 5.41) is 22.8. The molecule has 0 bridgehead atoms. The number of anilines is 1. The Hall–Kier alpha value is -2.84. The highest BCUT2D eigenvalue weighted by Crippen LogP contribution is 2.16. The Morgan fingerprint density at radius 3 is 2.52 bits per heavy atom. The van der Waals surface area contributed by atoms with Gasteiger partial charge in [0.25, 0.3) is 0 Å². The summed E-state index contributed by atoms with van der Waals surface area (Å²) >= 11 is 0. The van der Waals surface area contributed by atoms with Crippen LogP contribution in [-0.4, -0.2) is 74.0 Å². The van der Waals surface area contributed by atoms with Crippen LogP contribution in [0.5, 0.6) is 0 Å². The van der Waals surface area contributed by atoms with Crippen molar-refractivity contribution in [1.29, 1.82) is 0 Å². The van der Waals surface area contributed by atoms with Crippen LogP contribution in [0.25, 0.3) is 11.4 Å². The summed E-state index contributed by atoms with van der Waals surface area (Å²) in [6.45, 7) is 4.71. The molecule has 0 saturated carbocycles. The van der Waals surface area contributed by atoms with Crippen LogP contribution in [0.15, 0.2) is 54.9 Å². The van der Waals surface area contributed by atoms with Crippen molar-refractivity contribution in [3.63, 3.8) is 0 Å². The smallest absolute Gasteiger partial charge is 0.206 e. The van der Waals surface area contributed by atoms with Crippen molar-refractivity contribution in [3.8, 4) is 11.4 Å². The lowest BCUT2D eigenvalue weighted by molar-refractivity contribution is 0.0879. The van der Waals surface area contributed by atoms with Gasteiger partial charge >= 0.3 is 0 Å². The predicted octanol–water partition coefficient (Wildman–Crippen LogP) is 0.918. The molecule has 27 heavy (non-hydrogen) atoms. The van der Waals surface area contributed by atoms with Gasteiger partial charge in [-0.1, -0.05) is 18.2 Å². The Bertz CT molecular complexity index is 832. The standard InChI is InChI=1S/C19H23N7O/c27-18(15-26-22-19(21-23-26)16-5-4-8-20-13-16)14-24-9-11-25(12-10-24)17-6-2-1-3-7-17/h1-8,13,18,27H,9-12,14-15H2. The van der Waals surface area contributed by atoms with Crippen molar-refractivity contribution in [2.24, 2.45) is 0 Å². The van der Waals surface area contributed by atoms with E-state index < -0.39 is 6.10 Å². The molecule has 1 saturated heterocycles. The molecule has 3 aromatic rings. The Balaban J connectivity index is 1.27. The lowest BCUT2D eigenvalue weighted by Crippen LogP contribution is -2.49. The van der Waals surface area contributed by atoms with Crippen molar-refractivity contribution in [1.82, 2.24) is 30.1 Å². The van der Waals surface area contributed by atoms with Crippen LogP contribution in [0.2, 0.25) is 0 Å². The highest BCUT2D eigenvalue weighted by Gasteiger charge is 2.20. The van der Waals surface area contributed by atoms with Gasteiger partial charge in [-0.2, -0.15) is 4.80 Å². The lowest BCUT2D eigenvalue weighted by Gasteiger charge is -2.36. The molecule has 4 rings (SSSR count). The largest absolute Gasteiger partial charge is 0.390 e. The van der Waals surface area contributed by atoms with Gasteiger partial charge in [-0.05, 0) is 29.5 Å². The van der Waals surface area contributed by atoms with Gasteiger partial charge < -0.3 is 10.0 Å². The summed E-state index contributed by atoms with van der Waals surface area (Å²) in [4.78, 5) is 10.2. The zero-order valence-electron chi connectivity index (χ0n) is 15.1. The topological polar surface area (TPSA) is 83.2 Å². The van der Waals surface area contributed by atoms with Gasteiger partial charge in [-0.15, -0.1) is 10.2 Å². The lowest BCUT2D eigenvalue weighted by atomic mass is 10.2. The number of nitrogens with zero attached hydrogens (tertiary/aromatic N) is 7. The normalized spacial score (nSPS) is 16.4. The number of tetrazole rings is 1. The highest BCUT2D eigenvalue weighted by atomic mass is 16.3. The third-order valence-corrected chi connectivity index (χ3v) is 4.71. The average Bonchev–Trinajstić information content (AvgIpc) is 3.18. The molecule has 1 fully saturated rings. The quantitative estimate of drug-likeness (QED) is 0.695. The van der Waals surface area contributed by atoms with Crippen LogP contribution >= 0.6 is 0 Å². The second kappa shape index (κ2) is 8.24. The van der Waals surface area contributed by atoms with Gasteiger partial charge in [-0.3, -0.25) is 9.88 Å². The molecular weight excluding hydrogens is 342 g/mol. The number of hydrogen-bond acceptors (Lipinski definition) is 7. The summed E-state index contributed by atoms with van der Waals surface area (Å²) in [5.41, 5.74) is 2.07. The monoisotopic (exact) mass is 365 g/mol. The minimum Gasteiger partial charge on any atom is -0.390 e. The highest BCUT2D eigenvalue weighted by molar-refractivity contribution is 5.51. The maximum Gasteiger partial charge on any atom is 0.206 e. The fraction of sp³-hybridized carbons (Fsp3) is 0.368. The summed E-state index contributed by atoms with van der Waals surface area (Å²) in [6.07, 6.45) is 2.86. The summed E-state index contributed by atoms with van der Waals surface area (Å²) in [7, 11) is 0. The zero-order chi connectivity index (χ0) is 18.5. The van der Waals surface area contributed by atoms with Crippen molar-refractivity contribution < 1.29 is 5.11 Å². The van der Waals surface area contributed by atoms with Crippen LogP contribution in [0, 0.1) is 0 Å². The first-order valence-corrected chi connectivity index (χ1v) is 9.16. The molecule has 140 valence electrons. The van der Waals surface area contributed by atoms with E-state index in [1.807, 2.05) is 18.2 Å². The Kier molecular flexibility index (Phi) is 5.36. The summed E-state index contributed by atoms with van der Waals surface area (Å²) in [5.74, 6) is 0.520. The molecule has 1 aliphatic heterocycles. The summed E-state index contributed by atoms with van der Waals surface area (Å²) < 4.78 is 0. The third kappa shape index (κ3) is 4.47. The molecule has 0 radical (unpaired) electrons. The van der Waals surface area contributed by atoms with Crippen molar-refractivity contribution in [2.75, 3.05) is 37.6 Å². The number of para-hydroxylation sites is 1. The number of rotatable bonds is 6. The van der Waals surface area contributed by atoms with E-state index in [1.165, 1.54) is 10.5 Å². The van der Waals surface area contributed by atoms with Crippen molar-refractivity contribution in [3.05, 3.63) is 54.9 Å². The molecule has 3 heterocycles. The van der Waals surface area contributed by atoms with Gasteiger partial charge in [0.15, 0.2) is 0 Å². The molecule has 8 heteroatoms. The Morgan fingerprint density at radius 2 is 1.78 bits per heavy atom. The van der Waals surface area contributed by atoms with Crippen LogP contribution in [-0.2, 0) is 6.54 Å². The van der Waals surface area contributed by atoms with Gasteiger partial charge in [0.2, 0.25) is 5.82 Å². The molecule has 0 spiro atoms. The van der Waals surface area contributed by atoms with E-state index in [2.05, 4.69) is 54.5 Å². The SMILES string of the molecule is OC(CN1CCN(c2ccccc2)CC1)Cn1nnc(-c2cccnc2)n1. The molecule has 1 atom stereocenters. The van der Waals surface area contributed by atoms with E-state index in [4.69, 9.17) is 0 Å². The first-order valence-electron chi connectivity index (χ1n) is 9.16. The van der Waals surface area contributed by atoms with E-state index in [1.54, 1.807) is 12.4 Å². The number of benzene rings is 1. The molecule has 1 aliphatic rings. The number of aliphatic hydroxyl groups excluding tert-OH is 1. The third-order valence-electron chi connectivity index (χ3n) is 4.71. The van der Waals surface area contributed by atoms with E-state index in [9.17, 15) is 5.11 Å². The van der Waals surface area contributed by atoms with Gasteiger partial charge in [0, 0.05) is 56.4 Å². The Labute approximate surface area is 158 Å². The number of pyridine rings is 1. The molecule has 1 aromatic carbocycles. The maximum atomic E-state index is 10.4. The maximum absolute atomic E-state index is 10.4. The van der Waals surface area contributed by atoms with E-state index in [0.717, 1.165) is 31.7 Å². The molecule has 0 amide bonds. The molecule has 0 aliphatic carbocycles. The number of β-amino-alcohol motifs (C(OH)–C–C–N with tert-alkyl or cyclic N) is 1. The van der Waals surface area contributed by atoms with E-state index in [0.29, 0.717) is 18.9 Å². The van der Waals surface area contributed by atoms with Crippen molar-refractivity contribution in [2.45, 2.75) is 12.6 Å². The van der Waals surface area contributed by atoms with Crippen molar-refractivity contribution >= 4 is 5.69 Å². The molecule has 1 N–H and O–H groups in total. The molecule has 8 nitrogen and oxygen atoms in total. The number of aromatic nitrogens is 5. The van der Waals surface area contributed by atoms with Crippen LogP contribution in [0.1, 0.15) is 0 Å². The van der Waals surface area contributed by atoms with Gasteiger partial charge in [-0.25, -0.2) is 0 Å². The first-order chi connectivity index (χ1) is 13.3. The second-order valence-corrected chi connectivity index (χ2v) is 6.69. The predicted molar refractivity (Wildman–Crippen MR) is 102 cm³/mol. The molecular formula is C19H23N7O. The van der Waals surface area contributed by atoms with Gasteiger partial charge in [0.1, 0.15) is 0 Å². The van der Waals surface area contributed by atoms with Gasteiger partial charge in [0.05, 0.1) is 12.6 Å². The van der Waals surface area contributed by atoms with Crippen LogP contribution < -0.4 is 4.90 Å². The minimum atomic E-state index is -0.538. The van der Waals surface area contributed by atoms with E-state index in [-0.39, 0.29) is 0 Å². The number of piperazine rings is 1. The minimum absolute atomic E-state index is 0.326. The number of hydrogen-bond donors (Lipinski definition) is 1. The fourth-order valence-corrected chi connectivity index (χ4v) is 3.30. The zero-order valence-corrected chi connectivity index (χ0v) is 15.1. The molecule has 1 unspecified atom stereocenters. The number of aliphatic hydroxyl groups is 1. The average molecular weight is 365 g/mol. The summed E-state index contributed by atoms with van der Waals surface area (Å²) in [6, 6.07) is 14.2. The van der Waals surface area contributed by atoms with E-state index >= 15 is 0 Å². The first kappa shape index (κ1) is 17.6. The van der Waals surface area contributed by atoms with Crippen LogP contribution in [0.4, 0.5) is 5.69 Å². The Morgan fingerprint density at radius 1 is 0.963 bits per heavy atom. The molecule has 2 aromatic heterocycles. The fourth-order valence-electron chi connectivity index (χ4n) is 3.30.